The van der Waals surface area contributed by atoms with Crippen molar-refractivity contribution in [2.45, 2.75) is 26.2 Å². The van der Waals surface area contributed by atoms with Gasteiger partial charge in [-0.2, -0.15) is 0 Å². The van der Waals surface area contributed by atoms with Crippen LogP contribution in [-0.4, -0.2) is 24.5 Å². The van der Waals surface area contributed by atoms with E-state index in [0.717, 1.165) is 46.9 Å². The smallest absolute Gasteiger partial charge is 0.256 e. The van der Waals surface area contributed by atoms with Gasteiger partial charge in [0.25, 0.3) is 5.91 Å². The summed E-state index contributed by atoms with van der Waals surface area (Å²) in [5.74, 6) is 0.959. The van der Waals surface area contributed by atoms with Crippen LogP contribution in [0, 0.1) is 0 Å². The van der Waals surface area contributed by atoms with E-state index in [1.54, 1.807) is 7.11 Å². The molecule has 178 valence electrons. The van der Waals surface area contributed by atoms with Crippen molar-refractivity contribution in [2.75, 3.05) is 24.3 Å². The number of aromatic nitrogens is 1. The molecule has 0 atom stereocenters. The van der Waals surface area contributed by atoms with Gasteiger partial charge in [0, 0.05) is 47.4 Å². The van der Waals surface area contributed by atoms with Crippen molar-refractivity contribution in [3.8, 4) is 16.9 Å². The van der Waals surface area contributed by atoms with Crippen LogP contribution < -0.4 is 15.4 Å². The Morgan fingerprint density at radius 3 is 2.34 bits per heavy atom. The molecular weight excluding hydrogens is 434 g/mol. The van der Waals surface area contributed by atoms with Crippen molar-refractivity contribution in [1.82, 2.24) is 4.98 Å². The van der Waals surface area contributed by atoms with Gasteiger partial charge >= 0.3 is 0 Å². The lowest BCUT2D eigenvalue weighted by molar-refractivity contribution is 0.102. The van der Waals surface area contributed by atoms with Crippen LogP contribution in [0.15, 0.2) is 91.1 Å². The third-order valence-electron chi connectivity index (χ3n) is 5.93. The predicted octanol–water partition coefficient (Wildman–Crippen LogP) is 6.79. The number of nitrogens with zero attached hydrogens (tertiary/aromatic N) is 1. The summed E-state index contributed by atoms with van der Waals surface area (Å²) in [5.41, 5.74) is 6.34. The number of amides is 1. The number of rotatable bonds is 9. The van der Waals surface area contributed by atoms with E-state index < -0.39 is 0 Å². The summed E-state index contributed by atoms with van der Waals surface area (Å²) in [6, 6.07) is 27.5. The number of hydrogen-bond acceptors (Lipinski definition) is 4. The molecule has 4 aromatic rings. The first-order valence-electron chi connectivity index (χ1n) is 11.9. The third-order valence-corrected chi connectivity index (χ3v) is 5.93. The Morgan fingerprint density at radius 1 is 0.886 bits per heavy atom. The maximum atomic E-state index is 13.3. The lowest BCUT2D eigenvalue weighted by Gasteiger charge is -2.16. The van der Waals surface area contributed by atoms with Crippen molar-refractivity contribution in [1.29, 1.82) is 0 Å². The number of ether oxygens (including phenoxy) is 1. The first-order valence-corrected chi connectivity index (χ1v) is 11.9. The van der Waals surface area contributed by atoms with E-state index in [4.69, 9.17) is 4.74 Å². The predicted molar refractivity (Wildman–Crippen MR) is 143 cm³/mol. The van der Waals surface area contributed by atoms with E-state index in [2.05, 4.69) is 41.6 Å². The summed E-state index contributed by atoms with van der Waals surface area (Å²) in [6.45, 7) is 5.09. The average molecular weight is 466 g/mol. The summed E-state index contributed by atoms with van der Waals surface area (Å²) in [6.07, 6.45) is 2.65. The largest absolute Gasteiger partial charge is 0.496 e. The van der Waals surface area contributed by atoms with E-state index >= 15 is 0 Å². The van der Waals surface area contributed by atoms with Crippen LogP contribution in [0.2, 0.25) is 0 Å². The van der Waals surface area contributed by atoms with Crippen LogP contribution in [0.5, 0.6) is 5.75 Å². The summed E-state index contributed by atoms with van der Waals surface area (Å²) in [4.78, 5) is 17.6. The average Bonchev–Trinajstić information content (AvgIpc) is 2.90. The second kappa shape index (κ2) is 11.3. The minimum absolute atomic E-state index is 0.159. The molecule has 0 bridgehead atoms. The van der Waals surface area contributed by atoms with Gasteiger partial charge in [0.05, 0.1) is 7.11 Å². The SMILES string of the molecule is COc1ccc(C(C)C)cc1-c1ccccc1C(=O)Nc1ccc(NCCc2ccccn2)cc1. The standard InChI is InChI=1S/C30H31N3O2/c1-21(2)22-11-16-29(35-3)28(20-22)26-9-4-5-10-27(26)30(34)33-25-14-12-24(13-15-25)32-19-17-23-8-6-7-18-31-23/h4-16,18,20-21,32H,17,19H2,1-3H3,(H,33,34). The highest BCUT2D eigenvalue weighted by atomic mass is 16.5. The van der Waals surface area contributed by atoms with Gasteiger partial charge in [0.15, 0.2) is 0 Å². The maximum absolute atomic E-state index is 13.3. The molecule has 0 aliphatic rings. The van der Waals surface area contributed by atoms with E-state index in [-0.39, 0.29) is 5.91 Å². The number of carbonyl (C=O) groups excluding carboxylic acids is 1. The topological polar surface area (TPSA) is 63.2 Å². The Bertz CT molecular complexity index is 1270. The highest BCUT2D eigenvalue weighted by molar-refractivity contribution is 6.09. The summed E-state index contributed by atoms with van der Waals surface area (Å²) >= 11 is 0. The molecule has 5 nitrogen and oxygen atoms in total. The second-order valence-corrected chi connectivity index (χ2v) is 8.69. The lowest BCUT2D eigenvalue weighted by atomic mass is 9.93. The molecule has 0 fully saturated rings. The highest BCUT2D eigenvalue weighted by Crippen LogP contribution is 2.35. The monoisotopic (exact) mass is 465 g/mol. The molecule has 5 heteroatoms. The molecule has 3 aromatic carbocycles. The molecule has 0 aliphatic carbocycles. The molecule has 1 aromatic heterocycles. The van der Waals surface area contributed by atoms with Crippen LogP contribution in [0.25, 0.3) is 11.1 Å². The molecule has 0 radical (unpaired) electrons. The molecule has 4 rings (SSSR count). The van der Waals surface area contributed by atoms with Crippen LogP contribution in [-0.2, 0) is 6.42 Å². The van der Waals surface area contributed by atoms with Gasteiger partial charge in [-0.1, -0.05) is 44.2 Å². The van der Waals surface area contributed by atoms with Crippen LogP contribution >= 0.6 is 0 Å². The van der Waals surface area contributed by atoms with Gasteiger partial charge < -0.3 is 15.4 Å². The number of carbonyl (C=O) groups is 1. The third kappa shape index (κ3) is 6.07. The quantitative estimate of drug-likeness (QED) is 0.286. The molecule has 35 heavy (non-hydrogen) atoms. The minimum Gasteiger partial charge on any atom is -0.496 e. The maximum Gasteiger partial charge on any atom is 0.256 e. The molecule has 1 heterocycles. The molecule has 0 spiro atoms. The first-order chi connectivity index (χ1) is 17.0. The van der Waals surface area contributed by atoms with Crippen molar-refractivity contribution >= 4 is 17.3 Å². The molecule has 0 saturated heterocycles. The zero-order valence-corrected chi connectivity index (χ0v) is 20.4. The van der Waals surface area contributed by atoms with Gasteiger partial charge in [-0.05, 0) is 71.6 Å². The highest BCUT2D eigenvalue weighted by Gasteiger charge is 2.17. The van der Waals surface area contributed by atoms with Crippen molar-refractivity contribution < 1.29 is 9.53 Å². The molecule has 0 aliphatic heterocycles. The fourth-order valence-electron chi connectivity index (χ4n) is 3.96. The first kappa shape index (κ1) is 24.0. The number of benzene rings is 3. The van der Waals surface area contributed by atoms with E-state index in [0.29, 0.717) is 11.5 Å². The Balaban J connectivity index is 1.47. The van der Waals surface area contributed by atoms with Gasteiger partial charge in [-0.25, -0.2) is 0 Å². The Kier molecular flexibility index (Phi) is 7.78. The normalized spacial score (nSPS) is 10.7. The number of methoxy groups -OCH3 is 1. The van der Waals surface area contributed by atoms with Crippen molar-refractivity contribution in [2.24, 2.45) is 0 Å². The number of anilines is 2. The van der Waals surface area contributed by atoms with Gasteiger partial charge in [-0.15, -0.1) is 0 Å². The van der Waals surface area contributed by atoms with Gasteiger partial charge in [0.2, 0.25) is 0 Å². The summed E-state index contributed by atoms with van der Waals surface area (Å²) in [5, 5.41) is 6.43. The van der Waals surface area contributed by atoms with E-state index in [1.807, 2.05) is 79.0 Å². The molecule has 0 saturated carbocycles. The fourth-order valence-corrected chi connectivity index (χ4v) is 3.96. The van der Waals surface area contributed by atoms with Crippen molar-refractivity contribution in [3.05, 3.63) is 108 Å². The Hall–Kier alpha value is -4.12. The molecule has 2 N–H and O–H groups in total. The molecule has 0 unspecified atom stereocenters. The van der Waals surface area contributed by atoms with Crippen LogP contribution in [0.3, 0.4) is 0 Å². The Labute approximate surface area is 207 Å². The Morgan fingerprint density at radius 2 is 1.63 bits per heavy atom. The summed E-state index contributed by atoms with van der Waals surface area (Å²) in [7, 11) is 1.66. The zero-order chi connectivity index (χ0) is 24.6. The van der Waals surface area contributed by atoms with Crippen LogP contribution in [0.1, 0.15) is 41.4 Å². The van der Waals surface area contributed by atoms with Gasteiger partial charge in [0.1, 0.15) is 5.75 Å². The van der Waals surface area contributed by atoms with Crippen molar-refractivity contribution in [3.63, 3.8) is 0 Å². The number of hydrogen-bond donors (Lipinski definition) is 2. The second-order valence-electron chi connectivity index (χ2n) is 8.69. The van der Waals surface area contributed by atoms with E-state index in [9.17, 15) is 4.79 Å². The number of nitrogens with one attached hydrogen (secondary N) is 2. The molecule has 1 amide bonds. The zero-order valence-electron chi connectivity index (χ0n) is 20.4. The summed E-state index contributed by atoms with van der Waals surface area (Å²) < 4.78 is 5.62. The fraction of sp³-hybridized carbons (Fsp3) is 0.200. The molecular formula is C30H31N3O2. The van der Waals surface area contributed by atoms with E-state index in [1.165, 1.54) is 5.56 Å². The lowest BCUT2D eigenvalue weighted by Crippen LogP contribution is -2.13. The van der Waals surface area contributed by atoms with Crippen LogP contribution in [0.4, 0.5) is 11.4 Å². The van der Waals surface area contributed by atoms with Gasteiger partial charge in [-0.3, -0.25) is 9.78 Å². The number of pyridine rings is 1. The minimum atomic E-state index is -0.159.